The Morgan fingerprint density at radius 3 is 2.80 bits per heavy atom. The van der Waals surface area contributed by atoms with Crippen LogP contribution in [-0.4, -0.2) is 41.2 Å². The lowest BCUT2D eigenvalue weighted by Crippen LogP contribution is -2.31. The van der Waals surface area contributed by atoms with Crippen molar-refractivity contribution >= 4 is 16.9 Å². The molecule has 0 spiro atoms. The van der Waals surface area contributed by atoms with Crippen LogP contribution in [0.3, 0.4) is 0 Å². The predicted molar refractivity (Wildman–Crippen MR) is 76.0 cm³/mol. The average molecular weight is 274 g/mol. The maximum absolute atomic E-state index is 11.7. The van der Waals surface area contributed by atoms with Crippen LogP contribution in [0, 0.1) is 0 Å². The first-order valence-electron chi connectivity index (χ1n) is 6.82. The maximum atomic E-state index is 11.7. The van der Waals surface area contributed by atoms with Crippen LogP contribution in [0.15, 0.2) is 24.4 Å². The number of likely N-dealkylation sites (tertiary alicyclic amines) is 1. The Hall–Kier alpha value is -2.01. The number of fused-ring (bicyclic) bond motifs is 1. The summed E-state index contributed by atoms with van der Waals surface area (Å²) in [7, 11) is 1.61. The second kappa shape index (κ2) is 5.17. The molecule has 5 heteroatoms. The van der Waals surface area contributed by atoms with E-state index in [4.69, 9.17) is 4.74 Å². The highest BCUT2D eigenvalue weighted by molar-refractivity contribution is 5.90. The first-order valence-corrected chi connectivity index (χ1v) is 6.82. The molecule has 1 unspecified atom stereocenters. The molecule has 0 aliphatic carbocycles. The van der Waals surface area contributed by atoms with Crippen LogP contribution in [0.4, 0.5) is 0 Å². The van der Waals surface area contributed by atoms with Gasteiger partial charge in [-0.3, -0.25) is 9.69 Å². The third kappa shape index (κ3) is 2.14. The van der Waals surface area contributed by atoms with Crippen LogP contribution in [0.2, 0.25) is 0 Å². The number of hydrogen-bond donors (Lipinski definition) is 2. The van der Waals surface area contributed by atoms with Crippen LogP contribution in [0.25, 0.3) is 10.9 Å². The van der Waals surface area contributed by atoms with Gasteiger partial charge in [-0.25, -0.2) is 0 Å². The molecule has 1 aliphatic rings. The van der Waals surface area contributed by atoms with Gasteiger partial charge in [0.1, 0.15) is 11.8 Å². The summed E-state index contributed by atoms with van der Waals surface area (Å²) >= 11 is 0. The lowest BCUT2D eigenvalue weighted by atomic mass is 10.0. The monoisotopic (exact) mass is 274 g/mol. The molecule has 1 fully saturated rings. The first kappa shape index (κ1) is 13.0. The third-order valence-electron chi connectivity index (χ3n) is 3.96. The van der Waals surface area contributed by atoms with Gasteiger partial charge in [0, 0.05) is 22.7 Å². The molecule has 0 bridgehead atoms. The number of ether oxygens (including phenoxy) is 1. The molecule has 106 valence electrons. The van der Waals surface area contributed by atoms with Crippen molar-refractivity contribution in [2.45, 2.75) is 18.9 Å². The molecule has 5 nitrogen and oxygen atoms in total. The Labute approximate surface area is 117 Å². The summed E-state index contributed by atoms with van der Waals surface area (Å²) < 4.78 is 5.24. The largest absolute Gasteiger partial charge is 0.497 e. The first-order chi connectivity index (χ1) is 9.70. The molecule has 1 atom stereocenters. The van der Waals surface area contributed by atoms with Gasteiger partial charge in [0.25, 0.3) is 0 Å². The molecule has 1 aliphatic heterocycles. The summed E-state index contributed by atoms with van der Waals surface area (Å²) in [6, 6.07) is 5.10. The van der Waals surface area contributed by atoms with E-state index < -0.39 is 12.0 Å². The molecular formula is C15H18N2O3. The summed E-state index contributed by atoms with van der Waals surface area (Å²) in [4.78, 5) is 16.9. The number of rotatable bonds is 4. The number of nitrogens with zero attached hydrogens (tertiary/aromatic N) is 1. The highest BCUT2D eigenvalue weighted by atomic mass is 16.5. The maximum Gasteiger partial charge on any atom is 0.325 e. The number of nitrogens with one attached hydrogen (secondary N) is 1. The van der Waals surface area contributed by atoms with E-state index >= 15 is 0 Å². The van der Waals surface area contributed by atoms with Gasteiger partial charge in [0.15, 0.2) is 0 Å². The number of benzene rings is 1. The number of carbonyl (C=O) groups is 1. The molecule has 2 heterocycles. The molecule has 0 amide bonds. The van der Waals surface area contributed by atoms with E-state index in [1.807, 2.05) is 23.1 Å². The number of carboxylic acids is 1. The molecule has 3 rings (SSSR count). The van der Waals surface area contributed by atoms with E-state index in [0.717, 1.165) is 48.1 Å². The minimum atomic E-state index is -0.796. The zero-order chi connectivity index (χ0) is 14.1. The van der Waals surface area contributed by atoms with Gasteiger partial charge in [-0.05, 0) is 44.1 Å². The Balaban J connectivity index is 2.08. The van der Waals surface area contributed by atoms with Crippen molar-refractivity contribution in [2.75, 3.05) is 20.2 Å². The highest BCUT2D eigenvalue weighted by Crippen LogP contribution is 2.32. The molecule has 2 aromatic rings. The van der Waals surface area contributed by atoms with E-state index in [-0.39, 0.29) is 0 Å². The predicted octanol–water partition coefficient (Wildman–Crippen LogP) is 2.40. The fourth-order valence-electron chi connectivity index (χ4n) is 2.96. The molecule has 0 saturated carbocycles. The Kier molecular flexibility index (Phi) is 3.36. The minimum Gasteiger partial charge on any atom is -0.497 e. The van der Waals surface area contributed by atoms with Gasteiger partial charge < -0.3 is 14.8 Å². The summed E-state index contributed by atoms with van der Waals surface area (Å²) in [5.41, 5.74) is 1.75. The van der Waals surface area contributed by atoms with Crippen molar-refractivity contribution < 1.29 is 14.6 Å². The van der Waals surface area contributed by atoms with Crippen molar-refractivity contribution in [3.8, 4) is 5.75 Å². The summed E-state index contributed by atoms with van der Waals surface area (Å²) in [6.45, 7) is 1.68. The lowest BCUT2D eigenvalue weighted by Gasteiger charge is -2.23. The number of aliphatic carboxylic acids is 1. The van der Waals surface area contributed by atoms with Crippen molar-refractivity contribution in [1.82, 2.24) is 9.88 Å². The Morgan fingerprint density at radius 1 is 1.40 bits per heavy atom. The van der Waals surface area contributed by atoms with Gasteiger partial charge in [0.05, 0.1) is 7.11 Å². The topological polar surface area (TPSA) is 65.6 Å². The summed E-state index contributed by atoms with van der Waals surface area (Å²) in [6.07, 6.45) is 3.94. The normalized spacial score (nSPS) is 17.4. The van der Waals surface area contributed by atoms with Crippen LogP contribution in [-0.2, 0) is 4.79 Å². The van der Waals surface area contributed by atoms with Crippen molar-refractivity contribution in [3.63, 3.8) is 0 Å². The van der Waals surface area contributed by atoms with Crippen molar-refractivity contribution in [2.24, 2.45) is 0 Å². The van der Waals surface area contributed by atoms with Crippen molar-refractivity contribution in [3.05, 3.63) is 30.0 Å². The Morgan fingerprint density at radius 2 is 2.15 bits per heavy atom. The van der Waals surface area contributed by atoms with Gasteiger partial charge >= 0.3 is 5.97 Å². The van der Waals surface area contributed by atoms with Gasteiger partial charge in [-0.1, -0.05) is 0 Å². The SMILES string of the molecule is COc1ccc2[nH]cc(C(C(=O)O)N3CCCC3)c2c1. The fraction of sp³-hybridized carbons (Fsp3) is 0.400. The summed E-state index contributed by atoms with van der Waals surface area (Å²) in [5.74, 6) is -0.0560. The molecule has 20 heavy (non-hydrogen) atoms. The van der Waals surface area contributed by atoms with E-state index in [2.05, 4.69) is 4.98 Å². The van der Waals surface area contributed by atoms with E-state index in [0.29, 0.717) is 0 Å². The van der Waals surface area contributed by atoms with Crippen LogP contribution in [0.1, 0.15) is 24.4 Å². The van der Waals surface area contributed by atoms with Crippen LogP contribution >= 0.6 is 0 Å². The standard InChI is InChI=1S/C15H18N2O3/c1-20-10-4-5-13-11(8-10)12(9-16-13)14(15(18)19)17-6-2-3-7-17/h4-5,8-9,14,16H,2-3,6-7H2,1H3,(H,18,19). The number of H-pyrrole nitrogens is 1. The van der Waals surface area contributed by atoms with Crippen LogP contribution < -0.4 is 4.74 Å². The zero-order valence-electron chi connectivity index (χ0n) is 11.4. The second-order valence-corrected chi connectivity index (χ2v) is 5.14. The van der Waals surface area contributed by atoms with Gasteiger partial charge in [0.2, 0.25) is 0 Å². The summed E-state index contributed by atoms with van der Waals surface area (Å²) in [5, 5.41) is 10.5. The number of aromatic nitrogens is 1. The van der Waals surface area contributed by atoms with E-state index in [1.165, 1.54) is 0 Å². The molecule has 1 aromatic heterocycles. The lowest BCUT2D eigenvalue weighted by molar-refractivity contribution is -0.143. The number of carboxylic acid groups (broad SMARTS) is 1. The average Bonchev–Trinajstić information content (AvgIpc) is 3.09. The van der Waals surface area contributed by atoms with Gasteiger partial charge in [-0.15, -0.1) is 0 Å². The molecule has 0 radical (unpaired) electrons. The zero-order valence-corrected chi connectivity index (χ0v) is 11.4. The Bertz CT molecular complexity index is 629. The van der Waals surface area contributed by atoms with Gasteiger partial charge in [-0.2, -0.15) is 0 Å². The molecule has 1 aromatic carbocycles. The number of hydrogen-bond acceptors (Lipinski definition) is 3. The third-order valence-corrected chi connectivity index (χ3v) is 3.96. The van der Waals surface area contributed by atoms with Crippen LogP contribution in [0.5, 0.6) is 5.75 Å². The highest BCUT2D eigenvalue weighted by Gasteiger charge is 2.31. The van der Waals surface area contributed by atoms with E-state index in [1.54, 1.807) is 13.3 Å². The number of aromatic amines is 1. The number of methoxy groups -OCH3 is 1. The molecule has 2 N–H and O–H groups in total. The van der Waals surface area contributed by atoms with E-state index in [9.17, 15) is 9.90 Å². The fourth-order valence-corrected chi connectivity index (χ4v) is 2.96. The second-order valence-electron chi connectivity index (χ2n) is 5.14. The minimum absolute atomic E-state index is 0.585. The van der Waals surface area contributed by atoms with Crippen molar-refractivity contribution in [1.29, 1.82) is 0 Å². The smallest absolute Gasteiger partial charge is 0.325 e. The quantitative estimate of drug-likeness (QED) is 0.898. The molecule has 1 saturated heterocycles. The molecular weight excluding hydrogens is 256 g/mol.